The zero-order valence-electron chi connectivity index (χ0n) is 9.33. The van der Waals surface area contributed by atoms with E-state index in [1.165, 1.54) is 5.19 Å². The van der Waals surface area contributed by atoms with Crippen LogP contribution in [0.25, 0.3) is 17.1 Å². The van der Waals surface area contributed by atoms with Crippen LogP contribution in [0.1, 0.15) is 5.82 Å². The molecule has 0 spiro atoms. The van der Waals surface area contributed by atoms with E-state index in [4.69, 9.17) is 0 Å². The van der Waals surface area contributed by atoms with Gasteiger partial charge in [-0.15, -0.1) is 0 Å². The van der Waals surface area contributed by atoms with Gasteiger partial charge in [0, 0.05) is 17.8 Å². The maximum absolute atomic E-state index is 4.37. The molecule has 2 heterocycles. The summed E-state index contributed by atoms with van der Waals surface area (Å²) in [7, 11) is -1.31. The fraction of sp³-hybridized carbons (Fsp3) is 0.273. The molecule has 0 saturated carbocycles. The number of hydrogen-bond donors (Lipinski definition) is 1. The van der Waals surface area contributed by atoms with E-state index in [0.29, 0.717) is 5.82 Å². The van der Waals surface area contributed by atoms with E-state index < -0.39 is 8.07 Å². The van der Waals surface area contributed by atoms with E-state index in [1.54, 1.807) is 6.08 Å². The van der Waals surface area contributed by atoms with Gasteiger partial charge in [0.2, 0.25) is 0 Å². The van der Waals surface area contributed by atoms with Gasteiger partial charge in [-0.25, -0.2) is 9.97 Å². The number of fused-ring (bicyclic) bond motifs is 1. The van der Waals surface area contributed by atoms with Gasteiger partial charge < -0.3 is 4.98 Å². The van der Waals surface area contributed by atoms with E-state index in [0.717, 1.165) is 11.0 Å². The first kappa shape index (κ1) is 10.1. The summed E-state index contributed by atoms with van der Waals surface area (Å²) in [6.07, 6.45) is 5.62. The van der Waals surface area contributed by atoms with Crippen LogP contribution in [0, 0.1) is 0 Å². The Morgan fingerprint density at radius 2 is 2.13 bits per heavy atom. The topological polar surface area (TPSA) is 41.6 Å². The number of nitrogens with zero attached hydrogens (tertiary/aromatic N) is 2. The van der Waals surface area contributed by atoms with Gasteiger partial charge in [-0.05, 0) is 11.3 Å². The summed E-state index contributed by atoms with van der Waals surface area (Å²) in [4.78, 5) is 11.8. The second-order valence-corrected chi connectivity index (χ2v) is 9.69. The van der Waals surface area contributed by atoms with Crippen LogP contribution in [-0.4, -0.2) is 23.0 Å². The highest BCUT2D eigenvalue weighted by Crippen LogP contribution is 2.12. The molecule has 0 atom stereocenters. The summed E-state index contributed by atoms with van der Waals surface area (Å²) in [6.45, 7) is 10.6. The van der Waals surface area contributed by atoms with Crippen molar-refractivity contribution in [2.75, 3.05) is 0 Å². The second kappa shape index (κ2) is 3.31. The van der Waals surface area contributed by atoms with Gasteiger partial charge in [-0.1, -0.05) is 26.2 Å². The molecule has 4 heteroatoms. The van der Waals surface area contributed by atoms with Crippen LogP contribution in [0.5, 0.6) is 0 Å². The lowest BCUT2D eigenvalue weighted by Gasteiger charge is -2.14. The first-order chi connectivity index (χ1) is 7.02. The molecule has 2 aromatic rings. The minimum absolute atomic E-state index is 0.673. The fourth-order valence-corrected chi connectivity index (χ4v) is 3.14. The van der Waals surface area contributed by atoms with E-state index >= 15 is 0 Å². The van der Waals surface area contributed by atoms with Crippen molar-refractivity contribution in [2.45, 2.75) is 19.6 Å². The molecule has 0 bridgehead atoms. The van der Waals surface area contributed by atoms with Crippen molar-refractivity contribution in [3.63, 3.8) is 0 Å². The van der Waals surface area contributed by atoms with Crippen LogP contribution in [0.4, 0.5) is 0 Å². The van der Waals surface area contributed by atoms with Crippen LogP contribution in [0.2, 0.25) is 19.6 Å². The quantitative estimate of drug-likeness (QED) is 0.783. The van der Waals surface area contributed by atoms with E-state index in [1.807, 2.05) is 6.20 Å². The summed E-state index contributed by atoms with van der Waals surface area (Å²) in [5.41, 5.74) is 0.914. The number of nitrogens with one attached hydrogen (secondary N) is 1. The number of aromatic nitrogens is 3. The molecular formula is C11H15N3Si. The van der Waals surface area contributed by atoms with E-state index in [9.17, 15) is 0 Å². The molecule has 0 amide bonds. The largest absolute Gasteiger partial charge is 0.346 e. The van der Waals surface area contributed by atoms with Gasteiger partial charge in [0.05, 0.1) is 8.07 Å². The molecule has 0 aliphatic heterocycles. The molecule has 15 heavy (non-hydrogen) atoms. The lowest BCUT2D eigenvalue weighted by atomic mass is 10.4. The van der Waals surface area contributed by atoms with Gasteiger partial charge in [-0.3, -0.25) is 0 Å². The molecule has 0 aromatic carbocycles. The zero-order valence-corrected chi connectivity index (χ0v) is 10.3. The van der Waals surface area contributed by atoms with Crippen molar-refractivity contribution in [2.24, 2.45) is 0 Å². The molecule has 0 radical (unpaired) electrons. The summed E-state index contributed by atoms with van der Waals surface area (Å²) >= 11 is 0. The molecule has 0 aliphatic rings. The Hall–Kier alpha value is -1.42. The Kier molecular flexibility index (Phi) is 2.23. The number of aromatic amines is 1. The zero-order chi connectivity index (χ0) is 11.1. The minimum Gasteiger partial charge on any atom is -0.346 e. The van der Waals surface area contributed by atoms with Crippen LogP contribution in [0.15, 0.2) is 19.0 Å². The van der Waals surface area contributed by atoms with Crippen LogP contribution < -0.4 is 5.19 Å². The first-order valence-electron chi connectivity index (χ1n) is 4.99. The maximum atomic E-state index is 4.37. The molecule has 2 aromatic heterocycles. The van der Waals surface area contributed by atoms with E-state index in [-0.39, 0.29) is 0 Å². The van der Waals surface area contributed by atoms with E-state index in [2.05, 4.69) is 47.4 Å². The van der Waals surface area contributed by atoms with Gasteiger partial charge in [0.25, 0.3) is 0 Å². The Morgan fingerprint density at radius 1 is 1.40 bits per heavy atom. The summed E-state index contributed by atoms with van der Waals surface area (Å²) in [6, 6.07) is 0. The average Bonchev–Trinajstić information content (AvgIpc) is 2.59. The third-order valence-electron chi connectivity index (χ3n) is 2.44. The monoisotopic (exact) mass is 217 g/mol. The van der Waals surface area contributed by atoms with Crippen molar-refractivity contribution < 1.29 is 0 Å². The Balaban J connectivity index is 2.67. The summed E-state index contributed by atoms with van der Waals surface area (Å²) in [5.74, 6) is 0.673. The lowest BCUT2D eigenvalue weighted by Crippen LogP contribution is -2.36. The third-order valence-corrected chi connectivity index (χ3v) is 4.47. The van der Waals surface area contributed by atoms with Gasteiger partial charge in [-0.2, -0.15) is 0 Å². The predicted octanol–water partition coefficient (Wildman–Crippen LogP) is 2.15. The lowest BCUT2D eigenvalue weighted by molar-refractivity contribution is 1.17. The van der Waals surface area contributed by atoms with Gasteiger partial charge in [0.15, 0.2) is 5.82 Å². The molecule has 3 nitrogen and oxygen atoms in total. The molecule has 2 rings (SSSR count). The molecule has 1 N–H and O–H groups in total. The van der Waals surface area contributed by atoms with Crippen LogP contribution in [0.3, 0.4) is 0 Å². The fourth-order valence-electron chi connectivity index (χ4n) is 1.64. The van der Waals surface area contributed by atoms with Crippen molar-refractivity contribution in [3.05, 3.63) is 24.8 Å². The number of hydrogen-bond acceptors (Lipinski definition) is 2. The molecular weight excluding hydrogens is 202 g/mol. The number of H-pyrrole nitrogens is 1. The SMILES string of the molecule is C=Cc1ncc2c([Si](C)(C)C)c[nH]c2n1. The van der Waals surface area contributed by atoms with Crippen LogP contribution in [-0.2, 0) is 0 Å². The maximum Gasteiger partial charge on any atom is 0.153 e. The molecule has 0 aliphatic carbocycles. The highest BCUT2D eigenvalue weighted by molar-refractivity contribution is 6.90. The smallest absolute Gasteiger partial charge is 0.153 e. The Labute approximate surface area is 90.3 Å². The molecule has 0 fully saturated rings. The minimum atomic E-state index is -1.31. The average molecular weight is 217 g/mol. The second-order valence-electron chi connectivity index (χ2n) is 4.65. The predicted molar refractivity (Wildman–Crippen MR) is 67.0 cm³/mol. The van der Waals surface area contributed by atoms with Crippen molar-refractivity contribution >= 4 is 30.4 Å². The van der Waals surface area contributed by atoms with Crippen molar-refractivity contribution in [1.29, 1.82) is 0 Å². The normalized spacial score (nSPS) is 11.9. The highest BCUT2D eigenvalue weighted by Gasteiger charge is 2.20. The Morgan fingerprint density at radius 3 is 2.73 bits per heavy atom. The molecule has 0 unspecified atom stereocenters. The van der Waals surface area contributed by atoms with Crippen molar-refractivity contribution in [3.8, 4) is 0 Å². The summed E-state index contributed by atoms with van der Waals surface area (Å²) < 4.78 is 0. The highest BCUT2D eigenvalue weighted by atomic mass is 28.3. The molecule has 78 valence electrons. The molecule has 0 saturated heterocycles. The third kappa shape index (κ3) is 1.72. The van der Waals surface area contributed by atoms with Crippen molar-refractivity contribution in [1.82, 2.24) is 15.0 Å². The first-order valence-corrected chi connectivity index (χ1v) is 8.49. The van der Waals surface area contributed by atoms with Crippen LogP contribution >= 0.6 is 0 Å². The number of rotatable bonds is 2. The van der Waals surface area contributed by atoms with Gasteiger partial charge in [0.1, 0.15) is 5.65 Å². The standard InChI is InChI=1S/C11H15N3Si/c1-5-10-12-6-8-9(15(2,3)4)7-13-11(8)14-10/h5-7H,1H2,2-4H3,(H,12,13,14). The summed E-state index contributed by atoms with van der Waals surface area (Å²) in [5, 5.41) is 2.54. The Bertz CT molecular complexity index is 508. The van der Waals surface area contributed by atoms with Gasteiger partial charge >= 0.3 is 0 Å².